The van der Waals surface area contributed by atoms with E-state index in [1.807, 2.05) is 44.2 Å². The maximum atomic E-state index is 13.1. The minimum absolute atomic E-state index is 0.0628. The Morgan fingerprint density at radius 3 is 2.76 bits per heavy atom. The fourth-order valence-electron chi connectivity index (χ4n) is 3.23. The number of morpholine rings is 1. The van der Waals surface area contributed by atoms with Gasteiger partial charge < -0.3 is 14.7 Å². The molecule has 7 heteroatoms. The summed E-state index contributed by atoms with van der Waals surface area (Å²) in [7, 11) is 0. The average molecular weight is 344 g/mol. The number of benzene rings is 1. The second kappa shape index (κ2) is 6.93. The van der Waals surface area contributed by atoms with Gasteiger partial charge in [-0.1, -0.05) is 30.3 Å². The van der Waals surface area contributed by atoms with Gasteiger partial charge in [0.1, 0.15) is 23.8 Å². The zero-order valence-electron chi connectivity index (χ0n) is 14.6. The fourth-order valence-corrected chi connectivity index (χ4v) is 3.23. The van der Waals surface area contributed by atoms with Crippen molar-refractivity contribution in [2.24, 2.45) is 0 Å². The number of aromatic nitrogens is 3. The molecule has 1 atom stereocenters. The molecule has 1 N–H and O–H groups in total. The van der Waals surface area contributed by atoms with Crippen LogP contribution in [0, 0.1) is 0 Å². The maximum Gasteiger partial charge on any atom is 0.250 e. The van der Waals surface area contributed by atoms with Crippen LogP contribution in [-0.4, -0.2) is 62.6 Å². The topological polar surface area (TPSA) is 80.5 Å². The molecule has 1 aromatic heterocycles. The number of nitrogens with zero attached hydrogens (tertiary/aromatic N) is 4. The van der Waals surface area contributed by atoms with Crippen LogP contribution in [0.5, 0.6) is 0 Å². The minimum Gasteiger partial charge on any atom is -0.393 e. The third kappa shape index (κ3) is 3.57. The lowest BCUT2D eigenvalue weighted by Gasteiger charge is -2.44. The van der Waals surface area contributed by atoms with Gasteiger partial charge in [-0.2, -0.15) is 5.10 Å². The lowest BCUT2D eigenvalue weighted by atomic mass is 9.92. The molecule has 0 spiro atoms. The first-order chi connectivity index (χ1) is 12.0. The number of hydrogen-bond acceptors (Lipinski definition) is 5. The highest BCUT2D eigenvalue weighted by atomic mass is 16.5. The van der Waals surface area contributed by atoms with Gasteiger partial charge in [-0.05, 0) is 19.4 Å². The second-order valence-corrected chi connectivity index (χ2v) is 6.98. The Kier molecular flexibility index (Phi) is 4.87. The summed E-state index contributed by atoms with van der Waals surface area (Å²) >= 11 is 0. The number of carbonyl (C=O) groups excluding carboxylic acids is 1. The molecule has 134 valence electrons. The van der Waals surface area contributed by atoms with Gasteiger partial charge in [-0.25, -0.2) is 9.67 Å². The van der Waals surface area contributed by atoms with E-state index in [0.29, 0.717) is 26.1 Å². The molecule has 1 unspecified atom stereocenters. The number of amides is 1. The highest BCUT2D eigenvalue weighted by molar-refractivity contribution is 5.83. The van der Waals surface area contributed by atoms with Crippen LogP contribution in [0.3, 0.4) is 0 Å². The van der Waals surface area contributed by atoms with Crippen molar-refractivity contribution in [3.8, 4) is 0 Å². The van der Waals surface area contributed by atoms with Crippen LogP contribution in [0.25, 0.3) is 0 Å². The summed E-state index contributed by atoms with van der Waals surface area (Å²) < 4.78 is 7.48. The SMILES string of the molecule is CC(C)(C(=O)N1CCOC(CO)(Cc2ccccc2)C1)n1cncn1. The third-order valence-corrected chi connectivity index (χ3v) is 4.71. The molecule has 0 aliphatic carbocycles. The van der Waals surface area contributed by atoms with E-state index in [1.54, 1.807) is 15.9 Å². The average Bonchev–Trinajstić information content (AvgIpc) is 3.17. The molecule has 2 heterocycles. The summed E-state index contributed by atoms with van der Waals surface area (Å²) in [5.41, 5.74) is -0.559. The van der Waals surface area contributed by atoms with Crippen molar-refractivity contribution in [3.63, 3.8) is 0 Å². The van der Waals surface area contributed by atoms with Crippen LogP contribution in [0.15, 0.2) is 43.0 Å². The molecule has 1 amide bonds. The number of hydrogen-bond donors (Lipinski definition) is 1. The first-order valence-corrected chi connectivity index (χ1v) is 8.40. The third-order valence-electron chi connectivity index (χ3n) is 4.71. The second-order valence-electron chi connectivity index (χ2n) is 6.98. The number of aliphatic hydroxyl groups excluding tert-OH is 1. The van der Waals surface area contributed by atoms with Crippen molar-refractivity contribution in [1.82, 2.24) is 19.7 Å². The number of rotatable bonds is 5. The molecule has 1 aliphatic rings. The van der Waals surface area contributed by atoms with Gasteiger partial charge in [-0.15, -0.1) is 0 Å². The van der Waals surface area contributed by atoms with Crippen molar-refractivity contribution >= 4 is 5.91 Å². The van der Waals surface area contributed by atoms with Crippen LogP contribution < -0.4 is 0 Å². The normalized spacial score (nSPS) is 21.3. The van der Waals surface area contributed by atoms with Crippen LogP contribution in [-0.2, 0) is 21.5 Å². The Hall–Kier alpha value is -2.25. The zero-order valence-corrected chi connectivity index (χ0v) is 14.6. The molecule has 2 aromatic rings. The van der Waals surface area contributed by atoms with Crippen molar-refractivity contribution in [2.75, 3.05) is 26.3 Å². The van der Waals surface area contributed by atoms with E-state index in [4.69, 9.17) is 4.74 Å². The Morgan fingerprint density at radius 2 is 2.12 bits per heavy atom. The van der Waals surface area contributed by atoms with E-state index >= 15 is 0 Å². The Labute approximate surface area is 147 Å². The van der Waals surface area contributed by atoms with Gasteiger partial charge in [0.2, 0.25) is 5.91 Å². The maximum absolute atomic E-state index is 13.1. The summed E-state index contributed by atoms with van der Waals surface area (Å²) in [6.45, 7) is 4.72. The van der Waals surface area contributed by atoms with Crippen molar-refractivity contribution in [3.05, 3.63) is 48.5 Å². The van der Waals surface area contributed by atoms with Crippen LogP contribution in [0.1, 0.15) is 19.4 Å². The molecular weight excluding hydrogens is 320 g/mol. The quantitative estimate of drug-likeness (QED) is 0.870. The molecule has 1 aromatic carbocycles. The van der Waals surface area contributed by atoms with E-state index in [2.05, 4.69) is 10.1 Å². The number of carbonyl (C=O) groups is 1. The molecule has 3 rings (SSSR count). The van der Waals surface area contributed by atoms with Gasteiger partial charge in [0.25, 0.3) is 0 Å². The zero-order chi connectivity index (χ0) is 17.9. The molecule has 25 heavy (non-hydrogen) atoms. The molecule has 0 saturated carbocycles. The van der Waals surface area contributed by atoms with Gasteiger partial charge in [0.05, 0.1) is 19.8 Å². The number of ether oxygens (including phenoxy) is 1. The van der Waals surface area contributed by atoms with Gasteiger partial charge >= 0.3 is 0 Å². The van der Waals surface area contributed by atoms with Crippen LogP contribution in [0.4, 0.5) is 0 Å². The van der Waals surface area contributed by atoms with Gasteiger partial charge in [-0.3, -0.25) is 4.79 Å². The summed E-state index contributed by atoms with van der Waals surface area (Å²) in [5, 5.41) is 14.1. The van der Waals surface area contributed by atoms with Gasteiger partial charge in [0, 0.05) is 13.0 Å². The molecule has 0 bridgehead atoms. The predicted molar refractivity (Wildman–Crippen MR) is 91.8 cm³/mol. The van der Waals surface area contributed by atoms with Crippen LogP contribution in [0.2, 0.25) is 0 Å². The summed E-state index contributed by atoms with van der Waals surface area (Å²) in [5.74, 6) is -0.0628. The molecule has 7 nitrogen and oxygen atoms in total. The molecule has 1 fully saturated rings. The fraction of sp³-hybridized carbons (Fsp3) is 0.500. The van der Waals surface area contributed by atoms with Crippen molar-refractivity contribution in [1.29, 1.82) is 0 Å². The molecule has 1 aliphatic heterocycles. The van der Waals surface area contributed by atoms with Crippen molar-refractivity contribution in [2.45, 2.75) is 31.4 Å². The molecule has 1 saturated heterocycles. The lowest BCUT2D eigenvalue weighted by molar-refractivity contribution is -0.164. The standard InChI is InChI=1S/C18H24N4O3/c1-17(2,22-14-19-13-20-22)16(24)21-8-9-25-18(11-21,12-23)10-15-6-4-3-5-7-15/h3-7,13-14,23H,8-12H2,1-2H3. The summed E-state index contributed by atoms with van der Waals surface area (Å²) in [6, 6.07) is 9.87. The first kappa shape index (κ1) is 17.6. The largest absolute Gasteiger partial charge is 0.393 e. The van der Waals surface area contributed by atoms with E-state index in [0.717, 1.165) is 5.56 Å². The number of aliphatic hydroxyl groups is 1. The predicted octanol–water partition coefficient (Wildman–Crippen LogP) is 0.846. The minimum atomic E-state index is -0.845. The molecular formula is C18H24N4O3. The molecule has 0 radical (unpaired) electrons. The van der Waals surface area contributed by atoms with E-state index in [9.17, 15) is 9.90 Å². The lowest BCUT2D eigenvalue weighted by Crippen LogP contribution is -2.60. The monoisotopic (exact) mass is 344 g/mol. The van der Waals surface area contributed by atoms with E-state index < -0.39 is 11.1 Å². The van der Waals surface area contributed by atoms with E-state index in [1.165, 1.54) is 6.33 Å². The summed E-state index contributed by atoms with van der Waals surface area (Å²) in [4.78, 5) is 18.8. The summed E-state index contributed by atoms with van der Waals surface area (Å²) in [6.07, 6.45) is 3.52. The van der Waals surface area contributed by atoms with E-state index in [-0.39, 0.29) is 12.5 Å². The first-order valence-electron chi connectivity index (χ1n) is 8.40. The highest BCUT2D eigenvalue weighted by Crippen LogP contribution is 2.26. The Morgan fingerprint density at radius 1 is 1.36 bits per heavy atom. The smallest absolute Gasteiger partial charge is 0.250 e. The Balaban J connectivity index is 1.78. The van der Waals surface area contributed by atoms with Crippen LogP contribution >= 0.6 is 0 Å². The highest BCUT2D eigenvalue weighted by Gasteiger charge is 2.42. The van der Waals surface area contributed by atoms with Crippen molar-refractivity contribution < 1.29 is 14.6 Å². The van der Waals surface area contributed by atoms with Gasteiger partial charge in [0.15, 0.2) is 0 Å². The Bertz CT molecular complexity index is 702.